The average Bonchev–Trinajstić information content (AvgIpc) is 2.88. The summed E-state index contributed by atoms with van der Waals surface area (Å²) in [5, 5.41) is 0. The fraction of sp³-hybridized carbons (Fsp3) is 0.440. The highest BCUT2D eigenvalue weighted by molar-refractivity contribution is 5.80. The molecule has 0 amide bonds. The van der Waals surface area contributed by atoms with Crippen LogP contribution in [0.5, 0.6) is 0 Å². The van der Waals surface area contributed by atoms with Gasteiger partial charge in [0.15, 0.2) is 0 Å². The number of aryl methyl sites for hydroxylation is 1. The van der Waals surface area contributed by atoms with Crippen LogP contribution < -0.4 is 0 Å². The molecule has 1 fully saturated rings. The maximum Gasteiger partial charge on any atom is -0.00574 e. The largest absolute Gasteiger partial charge is 0.0646 e. The molecule has 0 heterocycles. The van der Waals surface area contributed by atoms with Crippen molar-refractivity contribution in [1.82, 2.24) is 0 Å². The van der Waals surface area contributed by atoms with E-state index in [2.05, 4.69) is 62.4 Å². The van der Waals surface area contributed by atoms with Gasteiger partial charge in [-0.3, -0.25) is 0 Å². The first-order valence-electron chi connectivity index (χ1n) is 10.0. The zero-order chi connectivity index (χ0) is 17.3. The lowest BCUT2D eigenvalue weighted by Gasteiger charge is -2.28. The zero-order valence-corrected chi connectivity index (χ0v) is 15.8. The molecular formula is C25H30. The molecule has 2 aromatic rings. The minimum Gasteiger partial charge on any atom is -0.0646 e. The van der Waals surface area contributed by atoms with Gasteiger partial charge in [-0.25, -0.2) is 0 Å². The van der Waals surface area contributed by atoms with E-state index >= 15 is 0 Å². The lowest BCUT2D eigenvalue weighted by molar-refractivity contribution is 0.274. The second kappa shape index (κ2) is 6.83. The van der Waals surface area contributed by atoms with Gasteiger partial charge in [0.25, 0.3) is 0 Å². The molecule has 2 aliphatic rings. The van der Waals surface area contributed by atoms with E-state index in [4.69, 9.17) is 0 Å². The minimum absolute atomic E-state index is 0.522. The molecule has 0 bridgehead atoms. The van der Waals surface area contributed by atoms with Crippen LogP contribution >= 0.6 is 0 Å². The summed E-state index contributed by atoms with van der Waals surface area (Å²) in [4.78, 5) is 0. The van der Waals surface area contributed by atoms with Crippen LogP contribution in [0.2, 0.25) is 0 Å². The van der Waals surface area contributed by atoms with E-state index in [1.807, 2.05) is 0 Å². The Hall–Kier alpha value is -1.82. The molecule has 0 heteroatoms. The molecule has 0 aliphatic heterocycles. The molecule has 0 aromatic heterocycles. The Bertz CT molecular complexity index is 768. The van der Waals surface area contributed by atoms with Gasteiger partial charge in [0.1, 0.15) is 0 Å². The first kappa shape index (κ1) is 16.6. The Morgan fingerprint density at radius 1 is 0.880 bits per heavy atom. The lowest BCUT2D eigenvalue weighted by Crippen LogP contribution is -2.16. The Labute approximate surface area is 153 Å². The van der Waals surface area contributed by atoms with Gasteiger partial charge in [-0.1, -0.05) is 92.3 Å². The lowest BCUT2D eigenvalue weighted by atomic mass is 9.77. The zero-order valence-electron chi connectivity index (χ0n) is 15.8. The van der Waals surface area contributed by atoms with Crippen molar-refractivity contribution in [3.8, 4) is 11.1 Å². The molecule has 0 unspecified atom stereocenters. The summed E-state index contributed by atoms with van der Waals surface area (Å²) in [5.74, 6) is 0. The van der Waals surface area contributed by atoms with Crippen LogP contribution in [0.4, 0.5) is 0 Å². The summed E-state index contributed by atoms with van der Waals surface area (Å²) >= 11 is 0. The first-order chi connectivity index (χ1) is 12.1. The number of fused-ring (bicyclic) bond motifs is 1. The third kappa shape index (κ3) is 3.59. The number of allylic oxidation sites excluding steroid dienone is 1. The first-order valence-corrected chi connectivity index (χ1v) is 10.0. The van der Waals surface area contributed by atoms with Crippen molar-refractivity contribution in [3.63, 3.8) is 0 Å². The predicted molar refractivity (Wildman–Crippen MR) is 109 cm³/mol. The quantitative estimate of drug-likeness (QED) is 0.516. The number of hydrogen-bond donors (Lipinski definition) is 0. The van der Waals surface area contributed by atoms with Crippen LogP contribution in [-0.4, -0.2) is 0 Å². The number of hydrogen-bond acceptors (Lipinski definition) is 0. The number of rotatable bonds is 3. The van der Waals surface area contributed by atoms with Crippen molar-refractivity contribution in [1.29, 1.82) is 0 Å². The molecule has 0 radical (unpaired) electrons. The fourth-order valence-electron chi connectivity index (χ4n) is 4.84. The molecule has 2 aliphatic carbocycles. The molecular weight excluding hydrogens is 300 g/mol. The van der Waals surface area contributed by atoms with Gasteiger partial charge in [-0.05, 0) is 60.3 Å². The van der Waals surface area contributed by atoms with Gasteiger partial charge < -0.3 is 0 Å². The highest BCUT2D eigenvalue weighted by Crippen LogP contribution is 2.43. The number of benzene rings is 2. The molecule has 0 atom stereocenters. The topological polar surface area (TPSA) is 0 Å². The van der Waals surface area contributed by atoms with Gasteiger partial charge in [0.05, 0.1) is 0 Å². The normalized spacial score (nSPS) is 19.2. The molecule has 1 saturated carbocycles. The van der Waals surface area contributed by atoms with Crippen LogP contribution in [0.15, 0.2) is 48.0 Å². The van der Waals surface area contributed by atoms with E-state index < -0.39 is 0 Å². The SMILES string of the molecule is Cc1ccc(-c2cccc3c2C=C(CC2(C)CCCCCC2)C3)cc1. The van der Waals surface area contributed by atoms with E-state index in [9.17, 15) is 0 Å². The molecule has 0 saturated heterocycles. The van der Waals surface area contributed by atoms with Gasteiger partial charge in [-0.2, -0.15) is 0 Å². The monoisotopic (exact) mass is 330 g/mol. The smallest absolute Gasteiger partial charge is 0.00574 e. The summed E-state index contributed by atoms with van der Waals surface area (Å²) in [7, 11) is 0. The van der Waals surface area contributed by atoms with E-state index in [1.165, 1.54) is 72.8 Å². The van der Waals surface area contributed by atoms with Gasteiger partial charge >= 0.3 is 0 Å². The molecule has 0 nitrogen and oxygen atoms in total. The van der Waals surface area contributed by atoms with Crippen LogP contribution in [0, 0.1) is 12.3 Å². The second-order valence-corrected chi connectivity index (χ2v) is 8.63. The Morgan fingerprint density at radius 3 is 2.32 bits per heavy atom. The van der Waals surface area contributed by atoms with E-state index in [-0.39, 0.29) is 0 Å². The summed E-state index contributed by atoms with van der Waals surface area (Å²) in [6, 6.07) is 15.8. The van der Waals surface area contributed by atoms with Gasteiger partial charge in [-0.15, -0.1) is 0 Å². The van der Waals surface area contributed by atoms with E-state index in [0.29, 0.717) is 5.41 Å². The Kier molecular flexibility index (Phi) is 4.54. The van der Waals surface area contributed by atoms with Crippen LogP contribution in [-0.2, 0) is 6.42 Å². The highest BCUT2D eigenvalue weighted by Gasteiger charge is 2.28. The molecule has 4 rings (SSSR count). The second-order valence-electron chi connectivity index (χ2n) is 8.63. The van der Waals surface area contributed by atoms with Crippen molar-refractivity contribution in [3.05, 3.63) is 64.7 Å². The van der Waals surface area contributed by atoms with E-state index in [1.54, 1.807) is 5.57 Å². The average molecular weight is 331 g/mol. The molecule has 130 valence electrons. The summed E-state index contributed by atoms with van der Waals surface area (Å²) in [6.45, 7) is 4.69. The highest BCUT2D eigenvalue weighted by atomic mass is 14.3. The van der Waals surface area contributed by atoms with Crippen LogP contribution in [0.25, 0.3) is 17.2 Å². The predicted octanol–water partition coefficient (Wildman–Crippen LogP) is 7.35. The summed E-state index contributed by atoms with van der Waals surface area (Å²) < 4.78 is 0. The standard InChI is InChI=1S/C25H30/c1-19-10-12-21(13-11-19)23-9-7-8-22-16-20(17-24(22)23)18-25(2)14-5-3-4-6-15-25/h7-13,17H,3-6,14-16,18H2,1-2H3. The molecule has 0 N–H and O–H groups in total. The van der Waals surface area contributed by atoms with Crippen molar-refractivity contribution in [2.24, 2.45) is 5.41 Å². The van der Waals surface area contributed by atoms with Crippen molar-refractivity contribution < 1.29 is 0 Å². The minimum atomic E-state index is 0.522. The third-order valence-corrected chi connectivity index (χ3v) is 6.29. The fourth-order valence-corrected chi connectivity index (χ4v) is 4.84. The molecule has 25 heavy (non-hydrogen) atoms. The molecule has 0 spiro atoms. The van der Waals surface area contributed by atoms with Gasteiger partial charge in [0.2, 0.25) is 0 Å². The summed E-state index contributed by atoms with van der Waals surface area (Å²) in [5.41, 5.74) is 9.24. The Morgan fingerprint density at radius 2 is 1.60 bits per heavy atom. The van der Waals surface area contributed by atoms with Crippen LogP contribution in [0.3, 0.4) is 0 Å². The third-order valence-electron chi connectivity index (χ3n) is 6.29. The maximum absolute atomic E-state index is 2.53. The van der Waals surface area contributed by atoms with Crippen molar-refractivity contribution >= 4 is 6.08 Å². The summed E-state index contributed by atoms with van der Waals surface area (Å²) in [6.07, 6.45) is 13.5. The van der Waals surface area contributed by atoms with E-state index in [0.717, 1.165) is 6.42 Å². The molecule has 2 aromatic carbocycles. The van der Waals surface area contributed by atoms with Crippen molar-refractivity contribution in [2.75, 3.05) is 0 Å². The van der Waals surface area contributed by atoms with Crippen LogP contribution in [0.1, 0.15) is 68.6 Å². The van der Waals surface area contributed by atoms with Gasteiger partial charge in [0, 0.05) is 0 Å². The Balaban J connectivity index is 1.61. The maximum atomic E-state index is 2.53. The van der Waals surface area contributed by atoms with Crippen molar-refractivity contribution in [2.45, 2.75) is 65.2 Å².